The Bertz CT molecular complexity index is 369. The third kappa shape index (κ3) is 2.08. The van der Waals surface area contributed by atoms with Crippen molar-refractivity contribution in [2.45, 2.75) is 37.5 Å². The summed E-state index contributed by atoms with van der Waals surface area (Å²) < 4.78 is 1.08. The van der Waals surface area contributed by atoms with Gasteiger partial charge in [-0.25, -0.2) is 0 Å². The van der Waals surface area contributed by atoms with Crippen LogP contribution in [0.4, 0.5) is 0 Å². The highest BCUT2D eigenvalue weighted by molar-refractivity contribution is 9.10. The van der Waals surface area contributed by atoms with Crippen molar-refractivity contribution in [1.82, 2.24) is 0 Å². The second-order valence-electron chi connectivity index (χ2n) is 4.26. The summed E-state index contributed by atoms with van der Waals surface area (Å²) in [4.78, 5) is 0. The Labute approximate surface area is 99.2 Å². The molecule has 1 aromatic rings. The highest BCUT2D eigenvalue weighted by Crippen LogP contribution is 2.39. The van der Waals surface area contributed by atoms with Crippen LogP contribution in [0.3, 0.4) is 0 Å². The van der Waals surface area contributed by atoms with Gasteiger partial charge in [-0.15, -0.1) is 0 Å². The van der Waals surface area contributed by atoms with E-state index in [0.29, 0.717) is 0 Å². The summed E-state index contributed by atoms with van der Waals surface area (Å²) in [5, 5.41) is 9.40. The van der Waals surface area contributed by atoms with Gasteiger partial charge in [0.25, 0.3) is 0 Å². The van der Waals surface area contributed by atoms with Crippen LogP contribution in [0.15, 0.2) is 28.7 Å². The van der Waals surface area contributed by atoms with Crippen molar-refractivity contribution < 1.29 is 0 Å². The highest BCUT2D eigenvalue weighted by Gasteiger charge is 2.33. The molecular weight excluding hydrogens is 250 g/mol. The van der Waals surface area contributed by atoms with Gasteiger partial charge in [0.15, 0.2) is 0 Å². The molecule has 0 amide bonds. The summed E-state index contributed by atoms with van der Waals surface area (Å²) in [7, 11) is 0. The largest absolute Gasteiger partial charge is 0.197 e. The van der Waals surface area contributed by atoms with E-state index in [0.717, 1.165) is 17.3 Å². The van der Waals surface area contributed by atoms with Gasteiger partial charge < -0.3 is 0 Å². The molecule has 78 valence electrons. The fourth-order valence-electron chi connectivity index (χ4n) is 2.39. The predicted octanol–water partition coefficient (Wildman–Crippen LogP) is 4.17. The van der Waals surface area contributed by atoms with E-state index in [1.165, 1.54) is 24.8 Å². The molecular formula is C13H14BrN. The molecule has 0 radical (unpaired) electrons. The molecule has 0 bridgehead atoms. The average Bonchev–Trinajstić information content (AvgIpc) is 2.31. The maximum absolute atomic E-state index is 9.40. The van der Waals surface area contributed by atoms with E-state index < -0.39 is 0 Å². The van der Waals surface area contributed by atoms with Crippen molar-refractivity contribution in [3.05, 3.63) is 34.3 Å². The maximum atomic E-state index is 9.40. The van der Waals surface area contributed by atoms with Crippen LogP contribution in [-0.4, -0.2) is 0 Å². The number of halogens is 1. The first-order chi connectivity index (χ1) is 7.27. The van der Waals surface area contributed by atoms with Gasteiger partial charge in [-0.3, -0.25) is 0 Å². The van der Waals surface area contributed by atoms with Crippen LogP contribution < -0.4 is 0 Å². The molecule has 1 nitrogen and oxygen atoms in total. The van der Waals surface area contributed by atoms with Gasteiger partial charge in [0.2, 0.25) is 0 Å². The Morgan fingerprint density at radius 1 is 1.07 bits per heavy atom. The third-order valence-electron chi connectivity index (χ3n) is 3.32. The summed E-state index contributed by atoms with van der Waals surface area (Å²) in [6.45, 7) is 0. The Morgan fingerprint density at radius 2 is 1.67 bits per heavy atom. The zero-order chi connectivity index (χ0) is 10.7. The van der Waals surface area contributed by atoms with Gasteiger partial charge in [-0.2, -0.15) is 5.26 Å². The summed E-state index contributed by atoms with van der Waals surface area (Å²) in [6, 6.07) is 10.8. The lowest BCUT2D eigenvalue weighted by Gasteiger charge is -2.31. The van der Waals surface area contributed by atoms with Crippen molar-refractivity contribution in [3.8, 4) is 6.07 Å². The molecule has 2 heteroatoms. The number of hydrogen-bond acceptors (Lipinski definition) is 1. The number of rotatable bonds is 1. The molecule has 15 heavy (non-hydrogen) atoms. The first-order valence-corrected chi connectivity index (χ1v) is 6.23. The van der Waals surface area contributed by atoms with Crippen LogP contribution in [0.1, 0.15) is 37.7 Å². The number of hydrogen-bond donors (Lipinski definition) is 0. The second-order valence-corrected chi connectivity index (χ2v) is 5.18. The molecule has 0 N–H and O–H groups in total. The minimum atomic E-state index is -0.209. The van der Waals surface area contributed by atoms with E-state index in [2.05, 4.69) is 34.1 Å². The fraction of sp³-hybridized carbons (Fsp3) is 0.462. The first-order valence-electron chi connectivity index (χ1n) is 5.44. The monoisotopic (exact) mass is 263 g/mol. The Morgan fingerprint density at radius 3 is 2.20 bits per heavy atom. The van der Waals surface area contributed by atoms with Gasteiger partial charge in [0, 0.05) is 4.47 Å². The molecule has 1 saturated carbocycles. The van der Waals surface area contributed by atoms with E-state index >= 15 is 0 Å². The second kappa shape index (κ2) is 4.37. The van der Waals surface area contributed by atoms with Crippen LogP contribution in [0.5, 0.6) is 0 Å². The SMILES string of the molecule is N#CC1(c2ccc(Br)cc2)CCCCC1. The molecule has 0 atom stereocenters. The minimum absolute atomic E-state index is 0.209. The zero-order valence-electron chi connectivity index (χ0n) is 8.67. The quantitative estimate of drug-likeness (QED) is 0.746. The van der Waals surface area contributed by atoms with E-state index in [9.17, 15) is 5.26 Å². The summed E-state index contributed by atoms with van der Waals surface area (Å²) in [5.41, 5.74) is 0.978. The van der Waals surface area contributed by atoms with Gasteiger partial charge >= 0.3 is 0 Å². The first kappa shape index (κ1) is 10.7. The standard InChI is InChI=1S/C13H14BrN/c14-12-6-4-11(5-7-12)13(10-15)8-2-1-3-9-13/h4-7H,1-3,8-9H2. The normalized spacial score (nSPS) is 19.5. The fourth-order valence-corrected chi connectivity index (χ4v) is 2.65. The Kier molecular flexibility index (Phi) is 3.11. The molecule has 1 aliphatic rings. The number of nitrogens with zero attached hydrogens (tertiary/aromatic N) is 1. The summed E-state index contributed by atoms with van der Waals surface area (Å²) >= 11 is 3.43. The van der Waals surface area contributed by atoms with Gasteiger partial charge in [0.1, 0.15) is 0 Å². The van der Waals surface area contributed by atoms with Crippen LogP contribution in [0.25, 0.3) is 0 Å². The lowest BCUT2D eigenvalue weighted by molar-refractivity contribution is 0.366. The summed E-state index contributed by atoms with van der Waals surface area (Å²) in [6.07, 6.45) is 5.68. The molecule has 0 spiro atoms. The molecule has 0 unspecified atom stereocenters. The predicted molar refractivity (Wildman–Crippen MR) is 64.5 cm³/mol. The van der Waals surface area contributed by atoms with Crippen LogP contribution in [-0.2, 0) is 5.41 Å². The average molecular weight is 264 g/mol. The maximum Gasteiger partial charge on any atom is 0.0822 e. The molecule has 0 aliphatic heterocycles. The Balaban J connectivity index is 2.33. The van der Waals surface area contributed by atoms with Crippen molar-refractivity contribution in [2.24, 2.45) is 0 Å². The van der Waals surface area contributed by atoms with Crippen molar-refractivity contribution in [2.75, 3.05) is 0 Å². The van der Waals surface area contributed by atoms with Gasteiger partial charge in [-0.1, -0.05) is 47.3 Å². The lowest BCUT2D eigenvalue weighted by atomic mass is 9.70. The molecule has 2 rings (SSSR count). The lowest BCUT2D eigenvalue weighted by Crippen LogP contribution is -2.26. The van der Waals surface area contributed by atoms with Gasteiger partial charge in [-0.05, 0) is 30.5 Å². The van der Waals surface area contributed by atoms with E-state index in [1.54, 1.807) is 0 Å². The minimum Gasteiger partial charge on any atom is -0.197 e. The van der Waals surface area contributed by atoms with Gasteiger partial charge in [0.05, 0.1) is 11.5 Å². The third-order valence-corrected chi connectivity index (χ3v) is 3.85. The van der Waals surface area contributed by atoms with Crippen LogP contribution in [0, 0.1) is 11.3 Å². The highest BCUT2D eigenvalue weighted by atomic mass is 79.9. The van der Waals surface area contributed by atoms with Crippen molar-refractivity contribution in [1.29, 1.82) is 5.26 Å². The molecule has 1 aliphatic carbocycles. The molecule has 0 saturated heterocycles. The Hall–Kier alpha value is -0.810. The van der Waals surface area contributed by atoms with E-state index in [4.69, 9.17) is 0 Å². The van der Waals surface area contributed by atoms with Crippen LogP contribution >= 0.6 is 15.9 Å². The summed E-state index contributed by atoms with van der Waals surface area (Å²) in [5.74, 6) is 0. The molecule has 1 aromatic carbocycles. The van der Waals surface area contributed by atoms with E-state index in [1.807, 2.05) is 12.1 Å². The number of benzene rings is 1. The van der Waals surface area contributed by atoms with Crippen molar-refractivity contribution in [3.63, 3.8) is 0 Å². The molecule has 0 aromatic heterocycles. The smallest absolute Gasteiger partial charge is 0.0822 e. The van der Waals surface area contributed by atoms with Crippen molar-refractivity contribution >= 4 is 15.9 Å². The molecule has 0 heterocycles. The van der Waals surface area contributed by atoms with Crippen LogP contribution in [0.2, 0.25) is 0 Å². The topological polar surface area (TPSA) is 23.8 Å². The zero-order valence-corrected chi connectivity index (χ0v) is 10.3. The molecule has 1 fully saturated rings. The van der Waals surface area contributed by atoms with E-state index in [-0.39, 0.29) is 5.41 Å². The number of nitriles is 1.